The monoisotopic (exact) mass is 268 g/mol. The molecule has 2 N–H and O–H groups in total. The summed E-state index contributed by atoms with van der Waals surface area (Å²) in [7, 11) is 0. The molecule has 2 rings (SSSR count). The highest BCUT2D eigenvalue weighted by molar-refractivity contribution is 6.33. The SMILES string of the molecule is NCCc1noc(-c2c(Cl)cccc2[N+](=O)[O-])n1. The third-order valence-corrected chi connectivity index (χ3v) is 2.55. The lowest BCUT2D eigenvalue weighted by molar-refractivity contribution is -0.384. The number of nitrogens with two attached hydrogens (primary N) is 1. The average Bonchev–Trinajstić information content (AvgIpc) is 2.77. The van der Waals surface area contributed by atoms with Gasteiger partial charge < -0.3 is 10.3 Å². The summed E-state index contributed by atoms with van der Waals surface area (Å²) in [6.45, 7) is 0.365. The summed E-state index contributed by atoms with van der Waals surface area (Å²) < 4.78 is 4.97. The topological polar surface area (TPSA) is 108 Å². The summed E-state index contributed by atoms with van der Waals surface area (Å²) in [6.07, 6.45) is 0.432. The van der Waals surface area contributed by atoms with E-state index >= 15 is 0 Å². The van der Waals surface area contributed by atoms with Crippen molar-refractivity contribution in [1.29, 1.82) is 0 Å². The van der Waals surface area contributed by atoms with Gasteiger partial charge in [-0.15, -0.1) is 0 Å². The van der Waals surface area contributed by atoms with E-state index in [9.17, 15) is 10.1 Å². The van der Waals surface area contributed by atoms with Crippen LogP contribution in [0, 0.1) is 10.1 Å². The molecule has 18 heavy (non-hydrogen) atoms. The van der Waals surface area contributed by atoms with E-state index in [4.69, 9.17) is 21.9 Å². The van der Waals surface area contributed by atoms with Crippen molar-refractivity contribution < 1.29 is 9.45 Å². The highest BCUT2D eigenvalue weighted by Gasteiger charge is 2.23. The van der Waals surface area contributed by atoms with Gasteiger partial charge in [0.05, 0.1) is 9.95 Å². The molecule has 0 radical (unpaired) electrons. The first-order chi connectivity index (χ1) is 8.63. The van der Waals surface area contributed by atoms with Crippen LogP contribution >= 0.6 is 11.6 Å². The molecule has 0 saturated carbocycles. The van der Waals surface area contributed by atoms with Crippen LogP contribution in [0.4, 0.5) is 5.69 Å². The van der Waals surface area contributed by atoms with E-state index in [0.717, 1.165) is 0 Å². The van der Waals surface area contributed by atoms with Gasteiger partial charge >= 0.3 is 0 Å². The molecule has 1 aromatic heterocycles. The van der Waals surface area contributed by atoms with Gasteiger partial charge in [0.1, 0.15) is 5.56 Å². The Hall–Kier alpha value is -1.99. The lowest BCUT2D eigenvalue weighted by Gasteiger charge is -1.99. The Morgan fingerprint density at radius 3 is 2.94 bits per heavy atom. The summed E-state index contributed by atoms with van der Waals surface area (Å²) in [4.78, 5) is 14.4. The van der Waals surface area contributed by atoms with Crippen molar-refractivity contribution in [2.75, 3.05) is 6.54 Å². The molecule has 7 nitrogen and oxygen atoms in total. The maximum absolute atomic E-state index is 10.9. The van der Waals surface area contributed by atoms with Gasteiger partial charge in [-0.25, -0.2) is 0 Å². The number of aromatic nitrogens is 2. The molecule has 0 bridgehead atoms. The zero-order chi connectivity index (χ0) is 13.1. The molecule has 0 aliphatic heterocycles. The molecule has 0 unspecified atom stereocenters. The Morgan fingerprint density at radius 1 is 1.50 bits per heavy atom. The molecule has 94 valence electrons. The number of hydrogen-bond acceptors (Lipinski definition) is 6. The fraction of sp³-hybridized carbons (Fsp3) is 0.200. The van der Waals surface area contributed by atoms with Crippen LogP contribution < -0.4 is 5.73 Å². The standard InChI is InChI=1S/C10H9ClN4O3/c11-6-2-1-3-7(15(16)17)9(6)10-13-8(4-5-12)14-18-10/h1-3H,4-5,12H2. The highest BCUT2D eigenvalue weighted by atomic mass is 35.5. The van der Waals surface area contributed by atoms with Gasteiger partial charge in [0.25, 0.3) is 11.6 Å². The van der Waals surface area contributed by atoms with E-state index in [0.29, 0.717) is 18.8 Å². The Labute approximate surface area is 107 Å². The first-order valence-corrected chi connectivity index (χ1v) is 5.47. The largest absolute Gasteiger partial charge is 0.334 e. The smallest absolute Gasteiger partial charge is 0.283 e. The van der Waals surface area contributed by atoms with Crippen molar-refractivity contribution in [2.24, 2.45) is 5.73 Å². The number of halogens is 1. The molecule has 0 atom stereocenters. The van der Waals surface area contributed by atoms with Gasteiger partial charge in [0.15, 0.2) is 5.82 Å². The van der Waals surface area contributed by atoms with Crippen molar-refractivity contribution >= 4 is 17.3 Å². The Bertz CT molecular complexity index is 584. The maximum atomic E-state index is 10.9. The average molecular weight is 269 g/mol. The third-order valence-electron chi connectivity index (χ3n) is 2.24. The van der Waals surface area contributed by atoms with E-state index in [1.165, 1.54) is 18.2 Å². The number of nitrogens with zero attached hydrogens (tertiary/aromatic N) is 3. The molecule has 0 aliphatic rings. The minimum atomic E-state index is -0.548. The number of benzene rings is 1. The van der Waals surface area contributed by atoms with Crippen LogP contribution in [0.25, 0.3) is 11.5 Å². The molecule has 8 heteroatoms. The van der Waals surface area contributed by atoms with E-state index in [2.05, 4.69) is 10.1 Å². The van der Waals surface area contributed by atoms with Gasteiger partial charge in [-0.1, -0.05) is 22.8 Å². The summed E-state index contributed by atoms with van der Waals surface area (Å²) in [6, 6.07) is 4.34. The van der Waals surface area contributed by atoms with E-state index < -0.39 is 4.92 Å². The van der Waals surface area contributed by atoms with Crippen LogP contribution in [0.3, 0.4) is 0 Å². The highest BCUT2D eigenvalue weighted by Crippen LogP contribution is 2.34. The fourth-order valence-electron chi connectivity index (χ4n) is 1.46. The number of nitro groups is 1. The molecule has 0 amide bonds. The maximum Gasteiger partial charge on any atom is 0.283 e. The Balaban J connectivity index is 2.51. The first kappa shape index (κ1) is 12.5. The van der Waals surface area contributed by atoms with Crippen molar-refractivity contribution in [2.45, 2.75) is 6.42 Å². The van der Waals surface area contributed by atoms with E-state index in [1.54, 1.807) is 0 Å². The molecule has 0 spiro atoms. The van der Waals surface area contributed by atoms with Crippen LogP contribution in [0.1, 0.15) is 5.82 Å². The first-order valence-electron chi connectivity index (χ1n) is 5.09. The van der Waals surface area contributed by atoms with Crippen LogP contribution in [0.15, 0.2) is 22.7 Å². The lowest BCUT2D eigenvalue weighted by Crippen LogP contribution is -2.03. The molecule has 2 aromatic rings. The van der Waals surface area contributed by atoms with Crippen LogP contribution in [-0.2, 0) is 6.42 Å². The Morgan fingerprint density at radius 2 is 2.28 bits per heavy atom. The fourth-order valence-corrected chi connectivity index (χ4v) is 1.71. The second-order valence-electron chi connectivity index (χ2n) is 3.45. The predicted molar refractivity (Wildman–Crippen MR) is 64.2 cm³/mol. The lowest BCUT2D eigenvalue weighted by atomic mass is 10.2. The van der Waals surface area contributed by atoms with Crippen LogP contribution in [0.5, 0.6) is 0 Å². The summed E-state index contributed by atoms with van der Waals surface area (Å²) >= 11 is 5.94. The summed E-state index contributed by atoms with van der Waals surface area (Å²) in [5.41, 5.74) is 5.31. The second-order valence-corrected chi connectivity index (χ2v) is 3.85. The zero-order valence-electron chi connectivity index (χ0n) is 9.17. The van der Waals surface area contributed by atoms with Crippen molar-refractivity contribution in [3.05, 3.63) is 39.2 Å². The van der Waals surface area contributed by atoms with Gasteiger partial charge in [0, 0.05) is 12.5 Å². The van der Waals surface area contributed by atoms with Crippen molar-refractivity contribution in [3.63, 3.8) is 0 Å². The van der Waals surface area contributed by atoms with Crippen molar-refractivity contribution in [1.82, 2.24) is 10.1 Å². The zero-order valence-corrected chi connectivity index (χ0v) is 9.92. The molecule has 1 aromatic carbocycles. The molecule has 1 heterocycles. The quantitative estimate of drug-likeness (QED) is 0.669. The number of rotatable bonds is 4. The number of hydrogen-bond donors (Lipinski definition) is 1. The van der Waals surface area contributed by atoms with Gasteiger partial charge in [-0.3, -0.25) is 10.1 Å². The minimum Gasteiger partial charge on any atom is -0.334 e. The van der Waals surface area contributed by atoms with Gasteiger partial charge in [-0.2, -0.15) is 4.98 Å². The molecular formula is C10H9ClN4O3. The third kappa shape index (κ3) is 2.31. The van der Waals surface area contributed by atoms with E-state index in [-0.39, 0.29) is 22.2 Å². The predicted octanol–water partition coefficient (Wildman–Crippen LogP) is 1.80. The van der Waals surface area contributed by atoms with Crippen LogP contribution in [0.2, 0.25) is 5.02 Å². The Kier molecular flexibility index (Phi) is 3.54. The van der Waals surface area contributed by atoms with Gasteiger partial charge in [0.2, 0.25) is 0 Å². The molecule has 0 saturated heterocycles. The molecular weight excluding hydrogens is 260 g/mol. The van der Waals surface area contributed by atoms with E-state index in [1.807, 2.05) is 0 Å². The molecule has 0 aliphatic carbocycles. The molecule has 0 fully saturated rings. The minimum absolute atomic E-state index is 0.0238. The summed E-state index contributed by atoms with van der Waals surface area (Å²) in [5.74, 6) is 0.414. The number of nitro benzene ring substituents is 1. The van der Waals surface area contributed by atoms with Gasteiger partial charge in [-0.05, 0) is 12.6 Å². The summed E-state index contributed by atoms with van der Waals surface area (Å²) in [5, 5.41) is 14.8. The van der Waals surface area contributed by atoms with Crippen molar-refractivity contribution in [3.8, 4) is 11.5 Å². The normalized spacial score (nSPS) is 10.6. The van der Waals surface area contributed by atoms with Crippen LogP contribution in [-0.4, -0.2) is 21.6 Å². The second kappa shape index (κ2) is 5.11.